The summed E-state index contributed by atoms with van der Waals surface area (Å²) in [6, 6.07) is 6.45. The van der Waals surface area contributed by atoms with E-state index in [0.717, 1.165) is 12.0 Å². The zero-order valence-electron chi connectivity index (χ0n) is 11.2. The van der Waals surface area contributed by atoms with Gasteiger partial charge in [-0.15, -0.1) is 10.2 Å². The summed E-state index contributed by atoms with van der Waals surface area (Å²) in [5.41, 5.74) is 6.72. The van der Waals surface area contributed by atoms with Crippen LogP contribution in [0, 0.1) is 6.92 Å². The van der Waals surface area contributed by atoms with Crippen LogP contribution in [0.25, 0.3) is 0 Å². The van der Waals surface area contributed by atoms with Crippen LogP contribution < -0.4 is 10.5 Å². The predicted molar refractivity (Wildman–Crippen MR) is 79.1 cm³/mol. The van der Waals surface area contributed by atoms with Crippen molar-refractivity contribution in [1.82, 2.24) is 10.2 Å². The molecule has 1 aromatic heterocycles. The third-order valence-corrected chi connectivity index (χ3v) is 5.00. The van der Waals surface area contributed by atoms with Gasteiger partial charge >= 0.3 is 0 Å². The molecule has 0 amide bonds. The maximum atomic E-state index is 12.3. The monoisotopic (exact) mass is 312 g/mol. The van der Waals surface area contributed by atoms with E-state index in [1.54, 1.807) is 19.1 Å². The van der Waals surface area contributed by atoms with Gasteiger partial charge in [-0.3, -0.25) is 4.72 Å². The summed E-state index contributed by atoms with van der Waals surface area (Å²) in [6.07, 6.45) is 0.743. The molecule has 2 aromatic rings. The van der Waals surface area contributed by atoms with Crippen molar-refractivity contribution in [2.75, 3.05) is 4.72 Å². The van der Waals surface area contributed by atoms with Crippen LogP contribution >= 0.6 is 11.3 Å². The minimum atomic E-state index is -3.66. The Bertz CT molecular complexity index is 697. The van der Waals surface area contributed by atoms with Crippen molar-refractivity contribution in [3.8, 4) is 0 Å². The van der Waals surface area contributed by atoms with Gasteiger partial charge in [-0.2, -0.15) is 0 Å². The average molecular weight is 312 g/mol. The molecule has 0 saturated heterocycles. The van der Waals surface area contributed by atoms with Gasteiger partial charge in [0.1, 0.15) is 5.01 Å². The third kappa shape index (κ3) is 3.33. The fourth-order valence-corrected chi connectivity index (χ4v) is 3.54. The number of nitrogens with two attached hydrogens (primary N) is 1. The first-order chi connectivity index (χ1) is 9.42. The van der Waals surface area contributed by atoms with Crippen molar-refractivity contribution >= 4 is 26.5 Å². The van der Waals surface area contributed by atoms with Crippen molar-refractivity contribution in [3.05, 3.63) is 34.8 Å². The first-order valence-electron chi connectivity index (χ1n) is 6.11. The van der Waals surface area contributed by atoms with Crippen molar-refractivity contribution in [2.45, 2.75) is 31.2 Å². The highest BCUT2D eigenvalue weighted by atomic mass is 32.2. The lowest BCUT2D eigenvalue weighted by molar-refractivity contribution is 0.600. The fraction of sp³-hybridized carbons (Fsp3) is 0.333. The molecule has 1 atom stereocenters. The van der Waals surface area contributed by atoms with Crippen LogP contribution in [0.3, 0.4) is 0 Å². The number of aryl methyl sites for hydroxylation is 1. The predicted octanol–water partition coefficient (Wildman–Crippen LogP) is 2.06. The Morgan fingerprint density at radius 3 is 2.75 bits per heavy atom. The molecular formula is C12H16N4O2S2. The number of anilines is 1. The maximum absolute atomic E-state index is 12.3. The van der Waals surface area contributed by atoms with E-state index < -0.39 is 10.0 Å². The molecule has 1 heterocycles. The molecule has 3 N–H and O–H groups in total. The molecule has 0 fully saturated rings. The highest BCUT2D eigenvalue weighted by Gasteiger charge is 2.17. The Morgan fingerprint density at radius 1 is 1.40 bits per heavy atom. The topological polar surface area (TPSA) is 98.0 Å². The van der Waals surface area contributed by atoms with Crippen LogP contribution in [-0.2, 0) is 10.0 Å². The van der Waals surface area contributed by atoms with E-state index in [1.807, 2.05) is 13.0 Å². The molecule has 6 nitrogen and oxygen atoms in total. The lowest BCUT2D eigenvalue weighted by atomic mass is 10.1. The van der Waals surface area contributed by atoms with Crippen molar-refractivity contribution in [3.63, 3.8) is 0 Å². The Morgan fingerprint density at radius 2 is 2.15 bits per heavy atom. The third-order valence-electron chi connectivity index (χ3n) is 2.78. The Balaban J connectivity index is 2.29. The van der Waals surface area contributed by atoms with Gasteiger partial charge in [0, 0.05) is 6.04 Å². The highest BCUT2D eigenvalue weighted by Crippen LogP contribution is 2.22. The van der Waals surface area contributed by atoms with Gasteiger partial charge in [0.05, 0.1) is 4.90 Å². The van der Waals surface area contributed by atoms with Crippen LogP contribution in [0.15, 0.2) is 29.2 Å². The second-order valence-electron chi connectivity index (χ2n) is 4.32. The molecule has 0 aliphatic rings. The van der Waals surface area contributed by atoms with Crippen LogP contribution in [0.1, 0.15) is 30.0 Å². The quantitative estimate of drug-likeness (QED) is 0.880. The van der Waals surface area contributed by atoms with Gasteiger partial charge in [-0.05, 0) is 31.0 Å². The van der Waals surface area contributed by atoms with E-state index in [0.29, 0.717) is 5.01 Å². The Labute approximate surface area is 122 Å². The Hall–Kier alpha value is -1.51. The number of sulfonamides is 1. The van der Waals surface area contributed by atoms with Crippen molar-refractivity contribution in [1.29, 1.82) is 0 Å². The van der Waals surface area contributed by atoms with Crippen LogP contribution in [0.2, 0.25) is 0 Å². The zero-order valence-corrected chi connectivity index (χ0v) is 12.8. The lowest BCUT2D eigenvalue weighted by Crippen LogP contribution is -2.14. The molecule has 8 heteroatoms. The van der Waals surface area contributed by atoms with Gasteiger partial charge in [0.2, 0.25) is 5.13 Å². The number of hydrogen-bond acceptors (Lipinski definition) is 6. The minimum Gasteiger partial charge on any atom is -0.324 e. The normalized spacial score (nSPS) is 13.2. The largest absolute Gasteiger partial charge is 0.324 e. The molecule has 0 radical (unpaired) electrons. The first-order valence-corrected chi connectivity index (χ1v) is 8.41. The van der Waals surface area contributed by atoms with Gasteiger partial charge in [-0.1, -0.05) is 30.4 Å². The summed E-state index contributed by atoms with van der Waals surface area (Å²) in [7, 11) is -3.66. The number of hydrogen-bond donors (Lipinski definition) is 2. The molecule has 20 heavy (non-hydrogen) atoms. The smallest absolute Gasteiger partial charge is 0.263 e. The number of nitrogens with zero attached hydrogens (tertiary/aromatic N) is 2. The van der Waals surface area contributed by atoms with Gasteiger partial charge in [0.25, 0.3) is 10.0 Å². The number of nitrogens with one attached hydrogen (secondary N) is 1. The van der Waals surface area contributed by atoms with E-state index in [-0.39, 0.29) is 16.1 Å². The van der Waals surface area contributed by atoms with E-state index in [1.165, 1.54) is 17.4 Å². The minimum absolute atomic E-state index is 0.172. The number of benzene rings is 1. The molecular weight excluding hydrogens is 296 g/mol. The SMILES string of the molecule is CCC(N)c1cccc(S(=O)(=O)Nc2nnc(C)s2)c1. The summed E-state index contributed by atoms with van der Waals surface area (Å²) >= 11 is 1.19. The summed E-state index contributed by atoms with van der Waals surface area (Å²) < 4.78 is 26.9. The number of aromatic nitrogens is 2. The summed E-state index contributed by atoms with van der Waals surface area (Å²) in [5, 5.41) is 8.48. The van der Waals surface area contributed by atoms with Gasteiger partial charge < -0.3 is 5.73 Å². The molecule has 108 valence electrons. The average Bonchev–Trinajstić information content (AvgIpc) is 2.82. The molecule has 0 aliphatic heterocycles. The Kier molecular flexibility index (Phi) is 4.36. The maximum Gasteiger partial charge on any atom is 0.263 e. The lowest BCUT2D eigenvalue weighted by Gasteiger charge is -2.11. The van der Waals surface area contributed by atoms with E-state index in [9.17, 15) is 8.42 Å². The second kappa shape index (κ2) is 5.86. The molecule has 0 bridgehead atoms. The second-order valence-corrected chi connectivity index (χ2v) is 7.18. The van der Waals surface area contributed by atoms with Crippen molar-refractivity contribution in [2.24, 2.45) is 5.73 Å². The van der Waals surface area contributed by atoms with E-state index in [2.05, 4.69) is 14.9 Å². The molecule has 0 spiro atoms. The van der Waals surface area contributed by atoms with Crippen LogP contribution in [0.5, 0.6) is 0 Å². The summed E-state index contributed by atoms with van der Waals surface area (Å²) in [4.78, 5) is 0.173. The first kappa shape index (κ1) is 14.9. The number of rotatable bonds is 5. The van der Waals surface area contributed by atoms with Crippen molar-refractivity contribution < 1.29 is 8.42 Å². The molecule has 1 aromatic carbocycles. The van der Waals surface area contributed by atoms with E-state index in [4.69, 9.17) is 5.73 Å². The molecule has 1 unspecified atom stereocenters. The molecule has 0 aliphatic carbocycles. The standard InChI is InChI=1S/C12H16N4O2S2/c1-3-11(13)9-5-4-6-10(7-9)20(17,18)16-12-15-14-8(2)19-12/h4-7,11H,3,13H2,1-2H3,(H,15,16). The van der Waals surface area contributed by atoms with E-state index >= 15 is 0 Å². The zero-order chi connectivity index (χ0) is 14.8. The summed E-state index contributed by atoms with van der Waals surface area (Å²) in [5.74, 6) is 0. The van der Waals surface area contributed by atoms with Gasteiger partial charge in [0.15, 0.2) is 0 Å². The van der Waals surface area contributed by atoms with Gasteiger partial charge in [-0.25, -0.2) is 8.42 Å². The van der Waals surface area contributed by atoms with Crippen LogP contribution in [-0.4, -0.2) is 18.6 Å². The van der Waals surface area contributed by atoms with Crippen LogP contribution in [0.4, 0.5) is 5.13 Å². The fourth-order valence-electron chi connectivity index (χ4n) is 1.66. The molecule has 2 rings (SSSR count). The highest BCUT2D eigenvalue weighted by molar-refractivity contribution is 7.93. The summed E-state index contributed by atoms with van der Waals surface area (Å²) in [6.45, 7) is 3.71. The molecule has 0 saturated carbocycles.